The highest BCUT2D eigenvalue weighted by atomic mass is 79.9. The Labute approximate surface area is 89.9 Å². The van der Waals surface area contributed by atoms with Crippen LogP contribution in [0.4, 0.5) is 18.9 Å². The second-order valence-electron chi connectivity index (χ2n) is 2.38. The van der Waals surface area contributed by atoms with Gasteiger partial charge in [-0.3, -0.25) is 10.1 Å². The van der Waals surface area contributed by atoms with Crippen LogP contribution in [-0.2, 0) is 0 Å². The molecule has 0 atom stereocenters. The third-order valence-electron chi connectivity index (χ3n) is 1.41. The van der Waals surface area contributed by atoms with Crippen molar-refractivity contribution < 1.29 is 22.8 Å². The van der Waals surface area contributed by atoms with Gasteiger partial charge in [-0.25, -0.2) is 4.39 Å². The van der Waals surface area contributed by atoms with Crippen LogP contribution in [0.15, 0.2) is 16.6 Å². The number of benzene rings is 1. The van der Waals surface area contributed by atoms with Crippen molar-refractivity contribution in [1.29, 1.82) is 0 Å². The molecule has 4 nitrogen and oxygen atoms in total. The molecule has 0 amide bonds. The molecular weight excluding hydrogens is 283 g/mol. The molecule has 0 spiro atoms. The molecule has 0 saturated carbocycles. The van der Waals surface area contributed by atoms with Gasteiger partial charge in [0.15, 0.2) is 11.6 Å². The van der Waals surface area contributed by atoms with Gasteiger partial charge in [0.25, 0.3) is 5.69 Å². The minimum Gasteiger partial charge on any atom is -0.431 e. The molecule has 0 aliphatic carbocycles. The molecule has 0 unspecified atom stereocenters. The van der Waals surface area contributed by atoms with Crippen LogP contribution >= 0.6 is 15.9 Å². The largest absolute Gasteiger partial charge is 0.431 e. The number of nitro benzene ring substituents is 1. The molecular formula is C7H3BrF3NO3. The molecule has 0 heterocycles. The predicted octanol–water partition coefficient (Wildman–Crippen LogP) is 3.10. The molecule has 0 N–H and O–H groups in total. The molecule has 0 aliphatic heterocycles. The van der Waals surface area contributed by atoms with Gasteiger partial charge in [-0.1, -0.05) is 0 Å². The van der Waals surface area contributed by atoms with Crippen molar-refractivity contribution in [3.63, 3.8) is 0 Å². The summed E-state index contributed by atoms with van der Waals surface area (Å²) in [7, 11) is 0. The number of ether oxygens (including phenoxy) is 1. The van der Waals surface area contributed by atoms with Crippen LogP contribution in [0, 0.1) is 15.9 Å². The minimum absolute atomic E-state index is 0.313. The van der Waals surface area contributed by atoms with Gasteiger partial charge in [-0.15, -0.1) is 0 Å². The Bertz CT molecular complexity index is 399. The summed E-state index contributed by atoms with van der Waals surface area (Å²) in [4.78, 5) is 9.48. The number of nitro groups is 1. The summed E-state index contributed by atoms with van der Waals surface area (Å²) in [5.41, 5.74) is -0.543. The van der Waals surface area contributed by atoms with Crippen molar-refractivity contribution in [3.8, 4) is 5.75 Å². The highest BCUT2D eigenvalue weighted by molar-refractivity contribution is 9.10. The van der Waals surface area contributed by atoms with E-state index in [0.717, 1.165) is 6.07 Å². The van der Waals surface area contributed by atoms with Crippen LogP contribution < -0.4 is 4.74 Å². The van der Waals surface area contributed by atoms with E-state index in [2.05, 4.69) is 20.7 Å². The van der Waals surface area contributed by atoms with E-state index >= 15 is 0 Å². The van der Waals surface area contributed by atoms with Crippen LogP contribution in [0.3, 0.4) is 0 Å². The number of alkyl halides is 2. The van der Waals surface area contributed by atoms with Gasteiger partial charge in [0.2, 0.25) is 0 Å². The van der Waals surface area contributed by atoms with Crippen LogP contribution in [0.2, 0.25) is 0 Å². The molecule has 0 saturated heterocycles. The van der Waals surface area contributed by atoms with Gasteiger partial charge >= 0.3 is 6.61 Å². The predicted molar refractivity (Wildman–Crippen MR) is 47.4 cm³/mol. The second kappa shape index (κ2) is 4.47. The lowest BCUT2D eigenvalue weighted by Gasteiger charge is -2.06. The first-order chi connectivity index (χ1) is 6.91. The smallest absolute Gasteiger partial charge is 0.387 e. The average molecular weight is 286 g/mol. The van der Waals surface area contributed by atoms with Crippen molar-refractivity contribution in [2.75, 3.05) is 0 Å². The topological polar surface area (TPSA) is 52.4 Å². The second-order valence-corrected chi connectivity index (χ2v) is 3.23. The fourth-order valence-corrected chi connectivity index (χ4v) is 1.27. The molecule has 0 radical (unpaired) electrons. The Kier molecular flexibility index (Phi) is 3.51. The van der Waals surface area contributed by atoms with Crippen molar-refractivity contribution in [2.45, 2.75) is 6.61 Å². The average Bonchev–Trinajstić information content (AvgIpc) is 2.11. The Hall–Kier alpha value is -1.31. The highest BCUT2D eigenvalue weighted by Gasteiger charge is 2.18. The van der Waals surface area contributed by atoms with E-state index in [9.17, 15) is 23.3 Å². The van der Waals surface area contributed by atoms with Crippen molar-refractivity contribution in [1.82, 2.24) is 0 Å². The molecule has 0 bridgehead atoms. The minimum atomic E-state index is -3.24. The van der Waals surface area contributed by atoms with E-state index < -0.39 is 28.8 Å². The number of non-ortho nitro benzene ring substituents is 1. The van der Waals surface area contributed by atoms with E-state index in [-0.39, 0.29) is 4.47 Å². The molecule has 82 valence electrons. The van der Waals surface area contributed by atoms with E-state index in [1.54, 1.807) is 0 Å². The van der Waals surface area contributed by atoms with Gasteiger partial charge in [-0.2, -0.15) is 8.78 Å². The van der Waals surface area contributed by atoms with Gasteiger partial charge in [0.1, 0.15) is 0 Å². The molecule has 1 rings (SSSR count). The van der Waals surface area contributed by atoms with E-state index in [0.29, 0.717) is 6.07 Å². The molecule has 1 aromatic rings. The molecule has 0 fully saturated rings. The van der Waals surface area contributed by atoms with Gasteiger partial charge < -0.3 is 4.74 Å². The van der Waals surface area contributed by atoms with Gasteiger partial charge in [0.05, 0.1) is 15.5 Å². The zero-order chi connectivity index (χ0) is 11.6. The number of nitrogens with zero attached hydrogens (tertiary/aromatic N) is 1. The Morgan fingerprint density at radius 3 is 2.53 bits per heavy atom. The fraction of sp³-hybridized carbons (Fsp3) is 0.143. The summed E-state index contributed by atoms with van der Waals surface area (Å²) in [5.74, 6) is -1.98. The molecule has 8 heteroatoms. The van der Waals surface area contributed by atoms with Crippen LogP contribution in [0.1, 0.15) is 0 Å². The first-order valence-corrected chi connectivity index (χ1v) is 4.29. The Morgan fingerprint density at radius 2 is 2.07 bits per heavy atom. The molecule has 0 aromatic heterocycles. The summed E-state index contributed by atoms with van der Waals surface area (Å²) >= 11 is 2.65. The van der Waals surface area contributed by atoms with Gasteiger partial charge in [-0.05, 0) is 15.9 Å². The standard InChI is InChI=1S/C7H3BrF3NO3/c8-4-1-3(12(13)14)2-5(6(4)9)15-7(10)11/h1-2,7H. The summed E-state index contributed by atoms with van der Waals surface area (Å²) in [6.07, 6.45) is 0. The Morgan fingerprint density at radius 1 is 1.47 bits per heavy atom. The molecule has 1 aromatic carbocycles. The Balaban J connectivity index is 3.19. The van der Waals surface area contributed by atoms with E-state index in [1.165, 1.54) is 0 Å². The quantitative estimate of drug-likeness (QED) is 0.633. The SMILES string of the molecule is O=[N+]([O-])c1cc(Br)c(F)c(OC(F)F)c1. The summed E-state index contributed by atoms with van der Waals surface area (Å²) in [6, 6.07) is 1.44. The normalized spacial score (nSPS) is 10.5. The highest BCUT2D eigenvalue weighted by Crippen LogP contribution is 2.31. The third kappa shape index (κ3) is 2.82. The number of hydrogen-bond donors (Lipinski definition) is 0. The van der Waals surface area contributed by atoms with E-state index in [4.69, 9.17) is 0 Å². The zero-order valence-electron chi connectivity index (χ0n) is 6.92. The summed E-state index contributed by atoms with van der Waals surface area (Å²) < 4.78 is 40.1. The fourth-order valence-electron chi connectivity index (χ4n) is 0.837. The van der Waals surface area contributed by atoms with Crippen molar-refractivity contribution >= 4 is 21.6 Å². The first kappa shape index (κ1) is 11.8. The molecule has 15 heavy (non-hydrogen) atoms. The summed E-state index contributed by atoms with van der Waals surface area (Å²) in [5, 5.41) is 10.3. The lowest BCUT2D eigenvalue weighted by atomic mass is 10.3. The maximum absolute atomic E-state index is 13.1. The number of rotatable bonds is 3. The van der Waals surface area contributed by atoms with Crippen LogP contribution in [-0.4, -0.2) is 11.5 Å². The van der Waals surface area contributed by atoms with Gasteiger partial charge in [0, 0.05) is 6.07 Å². The monoisotopic (exact) mass is 285 g/mol. The number of halogens is 4. The van der Waals surface area contributed by atoms with E-state index in [1.807, 2.05) is 0 Å². The van der Waals surface area contributed by atoms with Crippen molar-refractivity contribution in [3.05, 3.63) is 32.5 Å². The summed E-state index contributed by atoms with van der Waals surface area (Å²) in [6.45, 7) is -3.24. The third-order valence-corrected chi connectivity index (χ3v) is 1.98. The maximum Gasteiger partial charge on any atom is 0.387 e. The lowest BCUT2D eigenvalue weighted by molar-refractivity contribution is -0.385. The van der Waals surface area contributed by atoms with Crippen LogP contribution in [0.25, 0.3) is 0 Å². The van der Waals surface area contributed by atoms with Crippen molar-refractivity contribution in [2.24, 2.45) is 0 Å². The number of hydrogen-bond acceptors (Lipinski definition) is 3. The zero-order valence-corrected chi connectivity index (χ0v) is 8.50. The maximum atomic E-state index is 13.1. The molecule has 0 aliphatic rings. The van der Waals surface area contributed by atoms with Crippen LogP contribution in [0.5, 0.6) is 5.75 Å². The first-order valence-electron chi connectivity index (χ1n) is 3.50. The lowest BCUT2D eigenvalue weighted by Crippen LogP contribution is -2.04.